The number of carbonyl (C=O) groups is 3. The zero-order valence-electron chi connectivity index (χ0n) is 29.4. The van der Waals surface area contributed by atoms with Crippen molar-refractivity contribution >= 4 is 29.6 Å². The van der Waals surface area contributed by atoms with Crippen LogP contribution in [0.1, 0.15) is 111 Å². The second kappa shape index (κ2) is 15.8. The van der Waals surface area contributed by atoms with Gasteiger partial charge in [-0.1, -0.05) is 43.0 Å². The number of urea groups is 1. The van der Waals surface area contributed by atoms with Crippen molar-refractivity contribution in [1.29, 1.82) is 0 Å². The molecule has 3 heterocycles. The number of fused-ring (bicyclic) bond motifs is 2. The number of nitrogens with zero attached hydrogens (tertiary/aromatic N) is 4. The molecule has 4 amide bonds. The molecular weight excluding hydrogens is 614 g/mol. The number of rotatable bonds is 9. The molecule has 10 heteroatoms. The number of piperidine rings is 2. The lowest BCUT2D eigenvalue weighted by Gasteiger charge is -2.48. The minimum Gasteiger partial charge on any atom is -0.444 e. The van der Waals surface area contributed by atoms with Crippen LogP contribution in [0.25, 0.3) is 0 Å². The average Bonchev–Trinajstić information content (AvgIpc) is 3.31. The van der Waals surface area contributed by atoms with Crippen molar-refractivity contribution < 1.29 is 19.1 Å². The number of likely N-dealkylation sites (tertiary alicyclic amines) is 1. The Kier molecular flexibility index (Phi) is 12.0. The van der Waals surface area contributed by atoms with Gasteiger partial charge in [0.15, 0.2) is 0 Å². The van der Waals surface area contributed by atoms with E-state index in [0.29, 0.717) is 30.6 Å². The van der Waals surface area contributed by atoms with Crippen LogP contribution >= 0.6 is 11.6 Å². The Morgan fingerprint density at radius 3 is 2.04 bits per heavy atom. The first-order valence-corrected chi connectivity index (χ1v) is 18.7. The highest BCUT2D eigenvalue weighted by Crippen LogP contribution is 2.40. The van der Waals surface area contributed by atoms with Gasteiger partial charge in [-0.2, -0.15) is 0 Å². The highest BCUT2D eigenvalue weighted by atomic mass is 35.5. The molecule has 2 bridgehead atoms. The third-order valence-corrected chi connectivity index (χ3v) is 11.1. The largest absolute Gasteiger partial charge is 0.444 e. The number of benzene rings is 1. The highest BCUT2D eigenvalue weighted by molar-refractivity contribution is 6.30. The fourth-order valence-corrected chi connectivity index (χ4v) is 8.58. The summed E-state index contributed by atoms with van der Waals surface area (Å²) >= 11 is 6.21. The van der Waals surface area contributed by atoms with Gasteiger partial charge in [-0.15, -0.1) is 0 Å². The van der Waals surface area contributed by atoms with Crippen molar-refractivity contribution in [3.63, 3.8) is 0 Å². The number of halogens is 1. The predicted molar refractivity (Wildman–Crippen MR) is 187 cm³/mol. The molecule has 4 fully saturated rings. The molecule has 262 valence electrons. The first-order chi connectivity index (χ1) is 22.5. The van der Waals surface area contributed by atoms with Crippen LogP contribution in [-0.4, -0.2) is 106 Å². The van der Waals surface area contributed by atoms with E-state index in [1.165, 1.54) is 19.3 Å². The smallest absolute Gasteiger partial charge is 0.410 e. The molecule has 3 aliphatic heterocycles. The molecule has 3 saturated heterocycles. The summed E-state index contributed by atoms with van der Waals surface area (Å²) < 4.78 is 5.60. The number of nitrogens with one attached hydrogen (secondary N) is 1. The van der Waals surface area contributed by atoms with Crippen molar-refractivity contribution in [2.75, 3.05) is 26.2 Å². The monoisotopic (exact) mass is 671 g/mol. The maximum atomic E-state index is 14.6. The molecule has 0 spiro atoms. The maximum Gasteiger partial charge on any atom is 0.410 e. The lowest BCUT2D eigenvalue weighted by atomic mass is 9.89. The first-order valence-electron chi connectivity index (χ1n) is 18.3. The zero-order valence-corrected chi connectivity index (χ0v) is 30.1. The van der Waals surface area contributed by atoms with Crippen molar-refractivity contribution in [3.8, 4) is 0 Å². The minimum absolute atomic E-state index is 0.124. The molecule has 47 heavy (non-hydrogen) atoms. The quantitative estimate of drug-likeness (QED) is 0.310. The standard InChI is InChI=1S/C37H58ClN5O4/c1-6-40(7-2)35(45)43(29-11-9-8-10-12-29)32-24-30-17-18-31(25-32)42(30)34(44)33(23-26-13-15-27(38)16-14-26)39-28-19-21-41(22-20-28)36(46)47-37(3,4)5/h13-16,28-33,39H,6-12,17-25H2,1-5H3/t30?,31?,32?,33-/m1/s1. The Hall–Kier alpha value is -2.52. The molecule has 0 radical (unpaired) electrons. The second-order valence-electron chi connectivity index (χ2n) is 15.2. The van der Waals surface area contributed by atoms with Crippen LogP contribution in [0, 0.1) is 0 Å². The Balaban J connectivity index is 1.30. The molecule has 1 aromatic carbocycles. The number of ether oxygens (including phenoxy) is 1. The number of hydrogen-bond donors (Lipinski definition) is 1. The van der Waals surface area contributed by atoms with Gasteiger partial charge in [0.25, 0.3) is 0 Å². The Labute approximate surface area is 287 Å². The van der Waals surface area contributed by atoms with E-state index in [1.807, 2.05) is 49.9 Å². The van der Waals surface area contributed by atoms with Gasteiger partial charge in [-0.3, -0.25) is 4.79 Å². The summed E-state index contributed by atoms with van der Waals surface area (Å²) in [4.78, 5) is 49.5. The Morgan fingerprint density at radius 1 is 0.894 bits per heavy atom. The lowest BCUT2D eigenvalue weighted by Crippen LogP contribution is -2.61. The third kappa shape index (κ3) is 8.94. The van der Waals surface area contributed by atoms with Crippen molar-refractivity contribution in [3.05, 3.63) is 34.9 Å². The molecule has 5 rings (SSSR count). The number of amides is 4. The molecule has 2 unspecified atom stereocenters. The summed E-state index contributed by atoms with van der Waals surface area (Å²) in [5.41, 5.74) is 0.545. The molecule has 1 N–H and O–H groups in total. The van der Waals surface area contributed by atoms with Gasteiger partial charge < -0.3 is 29.7 Å². The SMILES string of the molecule is CCN(CC)C(=O)N(C1CCCCC1)C1CC2CCC(C1)N2C(=O)[C@@H](Cc1ccc(Cl)cc1)NC1CCN(C(=O)OC(C)(C)C)CC1. The normalized spacial score (nSPS) is 24.6. The van der Waals surface area contributed by atoms with Gasteiger partial charge in [0.1, 0.15) is 5.60 Å². The number of carbonyl (C=O) groups excluding carboxylic acids is 3. The second-order valence-corrected chi connectivity index (χ2v) is 15.6. The minimum atomic E-state index is -0.527. The third-order valence-electron chi connectivity index (χ3n) is 10.8. The lowest BCUT2D eigenvalue weighted by molar-refractivity contribution is -0.139. The van der Waals surface area contributed by atoms with E-state index in [4.69, 9.17) is 16.3 Å². The van der Waals surface area contributed by atoms with Crippen LogP contribution < -0.4 is 5.32 Å². The summed E-state index contributed by atoms with van der Waals surface area (Å²) in [5, 5.41) is 4.43. The van der Waals surface area contributed by atoms with Gasteiger partial charge in [-0.25, -0.2) is 9.59 Å². The van der Waals surface area contributed by atoms with Crippen molar-refractivity contribution in [1.82, 2.24) is 24.9 Å². The van der Waals surface area contributed by atoms with Gasteiger partial charge in [0.05, 0.1) is 6.04 Å². The Morgan fingerprint density at radius 2 is 1.49 bits per heavy atom. The van der Waals surface area contributed by atoms with Crippen molar-refractivity contribution in [2.45, 2.75) is 154 Å². The van der Waals surface area contributed by atoms with Gasteiger partial charge >= 0.3 is 12.1 Å². The first kappa shape index (κ1) is 35.8. The summed E-state index contributed by atoms with van der Waals surface area (Å²) in [6, 6.07) is 8.50. The van der Waals surface area contributed by atoms with E-state index in [1.54, 1.807) is 4.90 Å². The van der Waals surface area contributed by atoms with Crippen LogP contribution in [0.15, 0.2) is 24.3 Å². The van der Waals surface area contributed by atoms with E-state index in [0.717, 1.165) is 70.0 Å². The van der Waals surface area contributed by atoms with Gasteiger partial charge in [0.2, 0.25) is 5.91 Å². The van der Waals surface area contributed by atoms with Crippen LogP contribution in [0.2, 0.25) is 5.02 Å². The van der Waals surface area contributed by atoms with Gasteiger partial charge in [-0.05, 0) is 110 Å². The molecule has 1 aromatic rings. The average molecular weight is 672 g/mol. The molecule has 1 saturated carbocycles. The van der Waals surface area contributed by atoms with Crippen molar-refractivity contribution in [2.24, 2.45) is 0 Å². The van der Waals surface area contributed by atoms with Crippen LogP contribution in [0.3, 0.4) is 0 Å². The van der Waals surface area contributed by atoms with E-state index in [9.17, 15) is 14.4 Å². The molecule has 4 aliphatic rings. The summed E-state index contributed by atoms with van der Waals surface area (Å²) in [6.07, 6.45) is 11.3. The maximum absolute atomic E-state index is 14.6. The van der Waals surface area contributed by atoms with Crippen LogP contribution in [-0.2, 0) is 16.0 Å². The fourth-order valence-electron chi connectivity index (χ4n) is 8.46. The molecule has 0 aromatic heterocycles. The predicted octanol–water partition coefficient (Wildman–Crippen LogP) is 6.86. The fraction of sp³-hybridized carbons (Fsp3) is 0.757. The topological polar surface area (TPSA) is 85.4 Å². The van der Waals surface area contributed by atoms with E-state index in [2.05, 4.69) is 29.0 Å². The molecule has 9 nitrogen and oxygen atoms in total. The van der Waals surface area contributed by atoms with E-state index >= 15 is 0 Å². The number of hydrogen-bond acceptors (Lipinski definition) is 5. The van der Waals surface area contributed by atoms with Crippen LogP contribution in [0.5, 0.6) is 0 Å². The van der Waals surface area contributed by atoms with E-state index < -0.39 is 5.60 Å². The molecular formula is C37H58ClN5O4. The summed E-state index contributed by atoms with van der Waals surface area (Å²) in [6.45, 7) is 12.4. The highest BCUT2D eigenvalue weighted by Gasteiger charge is 2.48. The summed E-state index contributed by atoms with van der Waals surface area (Å²) in [5.74, 6) is 0.166. The van der Waals surface area contributed by atoms with Gasteiger partial charge in [0, 0.05) is 61.4 Å². The van der Waals surface area contributed by atoms with E-state index in [-0.39, 0.29) is 48.2 Å². The Bertz CT molecular complexity index is 1190. The van der Waals surface area contributed by atoms with Crippen LogP contribution in [0.4, 0.5) is 9.59 Å². The molecule has 1 aliphatic carbocycles. The zero-order chi connectivity index (χ0) is 33.7. The summed E-state index contributed by atoms with van der Waals surface area (Å²) in [7, 11) is 0. The molecule has 3 atom stereocenters.